The number of aromatic nitrogens is 2. The first-order chi connectivity index (χ1) is 13.2. The number of nitrogens with zero attached hydrogens (tertiary/aromatic N) is 3. The van der Waals surface area contributed by atoms with Crippen LogP contribution in [0.2, 0.25) is 5.02 Å². The highest BCUT2D eigenvalue weighted by Gasteiger charge is 2.44. The fourth-order valence-electron chi connectivity index (χ4n) is 4.29. The third-order valence-corrected chi connectivity index (χ3v) is 6.25. The quantitative estimate of drug-likeness (QED) is 0.853. The van der Waals surface area contributed by atoms with Gasteiger partial charge < -0.3 is 10.1 Å². The molecule has 6 heteroatoms. The molecule has 142 valence electrons. The maximum atomic E-state index is 6.01. The largest absolute Gasteiger partial charge is 0.376 e. The molecule has 27 heavy (non-hydrogen) atoms. The molecule has 3 aliphatic rings. The van der Waals surface area contributed by atoms with Crippen molar-refractivity contribution in [3.05, 3.63) is 52.3 Å². The number of fused-ring (bicyclic) bond motifs is 2. The number of nitrogens with one attached hydrogen (secondary N) is 1. The van der Waals surface area contributed by atoms with Gasteiger partial charge in [-0.15, -0.1) is 0 Å². The molecule has 3 heterocycles. The molecule has 1 saturated heterocycles. The van der Waals surface area contributed by atoms with E-state index in [9.17, 15) is 0 Å². The Morgan fingerprint density at radius 2 is 2.11 bits per heavy atom. The van der Waals surface area contributed by atoms with Gasteiger partial charge in [-0.1, -0.05) is 23.7 Å². The highest BCUT2D eigenvalue weighted by molar-refractivity contribution is 6.30. The molecule has 1 aliphatic carbocycles. The average molecular weight is 385 g/mol. The van der Waals surface area contributed by atoms with Crippen LogP contribution in [0.15, 0.2) is 30.5 Å². The van der Waals surface area contributed by atoms with E-state index in [-0.39, 0.29) is 5.41 Å². The second-order valence-electron chi connectivity index (χ2n) is 8.25. The molecule has 1 saturated carbocycles. The van der Waals surface area contributed by atoms with Crippen LogP contribution in [-0.4, -0.2) is 41.1 Å². The number of halogens is 1. The van der Waals surface area contributed by atoms with Crippen LogP contribution in [0, 0.1) is 5.92 Å². The van der Waals surface area contributed by atoms with Gasteiger partial charge in [-0.3, -0.25) is 4.90 Å². The van der Waals surface area contributed by atoms with Crippen molar-refractivity contribution < 1.29 is 4.74 Å². The number of hydrogen-bond donors (Lipinski definition) is 1. The minimum absolute atomic E-state index is 0.0149. The van der Waals surface area contributed by atoms with Crippen LogP contribution in [-0.2, 0) is 23.3 Å². The molecule has 1 atom stereocenters. The Hall–Kier alpha value is -1.69. The highest BCUT2D eigenvalue weighted by atomic mass is 35.5. The normalized spacial score (nSPS) is 24.9. The first-order valence-electron chi connectivity index (χ1n) is 9.85. The smallest absolute Gasteiger partial charge is 0.222 e. The summed E-state index contributed by atoms with van der Waals surface area (Å²) in [6.07, 6.45) is 5.69. The summed E-state index contributed by atoms with van der Waals surface area (Å²) in [7, 11) is 0. The SMILES string of the molecule is Clc1ccc(CN2CC[C@@]3(COCc4cnc(NCC5CC5)nc43)C2)cc1. The first kappa shape index (κ1) is 17.4. The third kappa shape index (κ3) is 3.68. The van der Waals surface area contributed by atoms with E-state index in [1.54, 1.807) is 0 Å². The predicted molar refractivity (Wildman–Crippen MR) is 106 cm³/mol. The van der Waals surface area contributed by atoms with Crippen LogP contribution in [0.25, 0.3) is 0 Å². The van der Waals surface area contributed by atoms with Crippen molar-refractivity contribution in [2.45, 2.75) is 37.8 Å². The van der Waals surface area contributed by atoms with Crippen LogP contribution in [0.5, 0.6) is 0 Å². The summed E-state index contributed by atoms with van der Waals surface area (Å²) < 4.78 is 5.95. The van der Waals surface area contributed by atoms with Gasteiger partial charge in [0.15, 0.2) is 0 Å². The molecule has 1 spiro atoms. The van der Waals surface area contributed by atoms with Crippen molar-refractivity contribution in [3.63, 3.8) is 0 Å². The predicted octanol–water partition coefficient (Wildman–Crippen LogP) is 3.63. The Bertz CT molecular complexity index is 823. The van der Waals surface area contributed by atoms with E-state index < -0.39 is 0 Å². The van der Waals surface area contributed by atoms with Crippen LogP contribution in [0.4, 0.5) is 5.95 Å². The lowest BCUT2D eigenvalue weighted by Gasteiger charge is -2.34. The Labute approximate surface area is 165 Å². The molecule has 0 amide bonds. The highest BCUT2D eigenvalue weighted by Crippen LogP contribution is 2.39. The van der Waals surface area contributed by atoms with Crippen LogP contribution < -0.4 is 5.32 Å². The van der Waals surface area contributed by atoms with Crippen LogP contribution >= 0.6 is 11.6 Å². The van der Waals surface area contributed by atoms with Gasteiger partial charge in [-0.2, -0.15) is 0 Å². The molecule has 1 aromatic carbocycles. The van der Waals surface area contributed by atoms with Crippen molar-refractivity contribution in [3.8, 4) is 0 Å². The van der Waals surface area contributed by atoms with Gasteiger partial charge in [0.1, 0.15) is 0 Å². The first-order valence-corrected chi connectivity index (χ1v) is 10.2. The Morgan fingerprint density at radius 1 is 1.26 bits per heavy atom. The number of likely N-dealkylation sites (tertiary alicyclic amines) is 1. The zero-order valence-electron chi connectivity index (χ0n) is 15.5. The number of benzene rings is 1. The minimum Gasteiger partial charge on any atom is -0.376 e. The molecule has 5 nitrogen and oxygen atoms in total. The van der Waals surface area contributed by atoms with E-state index >= 15 is 0 Å². The Balaban J connectivity index is 1.34. The molecule has 5 rings (SSSR count). The Morgan fingerprint density at radius 3 is 2.93 bits per heavy atom. The minimum atomic E-state index is -0.0149. The van der Waals surface area contributed by atoms with Gasteiger partial charge in [0.05, 0.1) is 24.3 Å². The van der Waals surface area contributed by atoms with Crippen molar-refractivity contribution in [1.82, 2.24) is 14.9 Å². The summed E-state index contributed by atoms with van der Waals surface area (Å²) in [5.41, 5.74) is 3.62. The summed E-state index contributed by atoms with van der Waals surface area (Å²) in [4.78, 5) is 12.0. The summed E-state index contributed by atoms with van der Waals surface area (Å²) in [5.74, 6) is 1.58. The number of rotatable bonds is 5. The molecule has 2 aromatic rings. The number of hydrogen-bond acceptors (Lipinski definition) is 5. The third-order valence-electron chi connectivity index (χ3n) is 6.00. The van der Waals surface area contributed by atoms with E-state index in [4.69, 9.17) is 21.3 Å². The summed E-state index contributed by atoms with van der Waals surface area (Å²) in [5, 5.41) is 4.22. The van der Waals surface area contributed by atoms with Gasteiger partial charge >= 0.3 is 0 Å². The average Bonchev–Trinajstić information content (AvgIpc) is 3.44. The standard InChI is InChI=1S/C21H25ClN4O/c22-18-5-3-16(4-6-18)11-26-8-7-21(13-26)14-27-12-17-10-24-20(25-19(17)21)23-9-15-1-2-15/h3-6,10,15H,1-2,7-9,11-14H2,(H,23,24,25)/t21-/m0/s1. The van der Waals surface area contributed by atoms with E-state index in [2.05, 4.69) is 27.3 Å². The lowest BCUT2D eigenvalue weighted by Crippen LogP contribution is -2.40. The summed E-state index contributed by atoms with van der Waals surface area (Å²) in [6.45, 7) is 5.33. The topological polar surface area (TPSA) is 50.3 Å². The molecule has 2 aliphatic heterocycles. The zero-order chi connectivity index (χ0) is 18.3. The van der Waals surface area contributed by atoms with Gasteiger partial charge in [0, 0.05) is 36.4 Å². The second-order valence-corrected chi connectivity index (χ2v) is 8.69. The fourth-order valence-corrected chi connectivity index (χ4v) is 4.42. The fraction of sp³-hybridized carbons (Fsp3) is 0.524. The van der Waals surface area contributed by atoms with Crippen LogP contribution in [0.3, 0.4) is 0 Å². The van der Waals surface area contributed by atoms with Crippen molar-refractivity contribution in [2.24, 2.45) is 5.92 Å². The van der Waals surface area contributed by atoms with Gasteiger partial charge in [-0.25, -0.2) is 9.97 Å². The molecule has 0 bridgehead atoms. The van der Waals surface area contributed by atoms with Crippen LogP contribution in [0.1, 0.15) is 36.1 Å². The second kappa shape index (κ2) is 7.04. The van der Waals surface area contributed by atoms with Crippen molar-refractivity contribution in [2.75, 3.05) is 31.6 Å². The Kier molecular flexibility index (Phi) is 4.54. The molecule has 1 aromatic heterocycles. The van der Waals surface area contributed by atoms with E-state index in [1.807, 2.05) is 18.3 Å². The number of anilines is 1. The van der Waals surface area contributed by atoms with Gasteiger partial charge in [0.25, 0.3) is 0 Å². The lowest BCUT2D eigenvalue weighted by atomic mass is 9.80. The molecule has 0 unspecified atom stereocenters. The molecule has 0 radical (unpaired) electrons. The lowest BCUT2D eigenvalue weighted by molar-refractivity contribution is 0.0503. The maximum Gasteiger partial charge on any atom is 0.222 e. The monoisotopic (exact) mass is 384 g/mol. The summed E-state index contributed by atoms with van der Waals surface area (Å²) in [6, 6.07) is 8.15. The van der Waals surface area contributed by atoms with Crippen molar-refractivity contribution >= 4 is 17.5 Å². The van der Waals surface area contributed by atoms with Crippen molar-refractivity contribution in [1.29, 1.82) is 0 Å². The maximum absolute atomic E-state index is 6.01. The van der Waals surface area contributed by atoms with E-state index in [0.29, 0.717) is 6.61 Å². The molecule has 2 fully saturated rings. The number of ether oxygens (including phenoxy) is 1. The van der Waals surface area contributed by atoms with Gasteiger partial charge in [0.2, 0.25) is 5.95 Å². The van der Waals surface area contributed by atoms with E-state index in [0.717, 1.165) is 61.7 Å². The summed E-state index contributed by atoms with van der Waals surface area (Å²) >= 11 is 6.01. The molecular weight excluding hydrogens is 360 g/mol. The van der Waals surface area contributed by atoms with E-state index in [1.165, 1.54) is 24.1 Å². The molecule has 1 N–H and O–H groups in total. The molecular formula is C21H25ClN4O. The van der Waals surface area contributed by atoms with Gasteiger partial charge in [-0.05, 0) is 49.4 Å². The zero-order valence-corrected chi connectivity index (χ0v) is 16.2.